The molecule has 0 aliphatic rings. The lowest BCUT2D eigenvalue weighted by Gasteiger charge is -1.99. The van der Waals surface area contributed by atoms with Gasteiger partial charge >= 0.3 is 0 Å². The van der Waals surface area contributed by atoms with Crippen molar-refractivity contribution in [3.05, 3.63) is 33.4 Å². The molecule has 3 heteroatoms. The molecule has 1 heterocycles. The average molecular weight is 259 g/mol. The van der Waals surface area contributed by atoms with Gasteiger partial charge in [-0.15, -0.1) is 0 Å². The van der Waals surface area contributed by atoms with Crippen LogP contribution in [0.4, 0.5) is 0 Å². The van der Waals surface area contributed by atoms with E-state index in [1.54, 1.807) is 0 Å². The largest absolute Gasteiger partial charge is 0.361 e. The van der Waals surface area contributed by atoms with Crippen molar-refractivity contribution in [1.82, 2.24) is 4.98 Å². The van der Waals surface area contributed by atoms with E-state index in [9.17, 15) is 0 Å². The van der Waals surface area contributed by atoms with Gasteiger partial charge in [-0.25, -0.2) is 0 Å². The minimum atomic E-state index is 0.801. The van der Waals surface area contributed by atoms with E-state index < -0.39 is 0 Å². The van der Waals surface area contributed by atoms with Crippen molar-refractivity contribution in [3.63, 3.8) is 0 Å². The SMILES string of the molecule is CCc1c[nH]c2ccc(Br)c(Cl)c12. The minimum Gasteiger partial charge on any atom is -0.361 e. The fourth-order valence-electron chi connectivity index (χ4n) is 1.50. The third-order valence-electron chi connectivity index (χ3n) is 2.20. The zero-order valence-corrected chi connectivity index (χ0v) is 9.54. The summed E-state index contributed by atoms with van der Waals surface area (Å²) in [6.45, 7) is 2.12. The normalized spacial score (nSPS) is 11.0. The third kappa shape index (κ3) is 1.38. The van der Waals surface area contributed by atoms with E-state index in [1.165, 1.54) is 5.56 Å². The quantitative estimate of drug-likeness (QED) is 0.791. The van der Waals surface area contributed by atoms with E-state index in [0.717, 1.165) is 26.8 Å². The van der Waals surface area contributed by atoms with Crippen LogP contribution < -0.4 is 0 Å². The Bertz CT molecular complexity index is 447. The molecule has 1 N–H and O–H groups in total. The zero-order chi connectivity index (χ0) is 9.42. The Balaban J connectivity index is 2.85. The van der Waals surface area contributed by atoms with Crippen molar-refractivity contribution in [2.75, 3.05) is 0 Å². The molecule has 2 aromatic rings. The van der Waals surface area contributed by atoms with Gasteiger partial charge in [-0.3, -0.25) is 0 Å². The Kier molecular flexibility index (Phi) is 2.35. The molecule has 1 nitrogen and oxygen atoms in total. The Hall–Kier alpha value is -0.470. The van der Waals surface area contributed by atoms with Crippen LogP contribution in [0, 0.1) is 0 Å². The number of aryl methyl sites for hydroxylation is 1. The van der Waals surface area contributed by atoms with Crippen LogP contribution >= 0.6 is 27.5 Å². The van der Waals surface area contributed by atoms with Crippen molar-refractivity contribution >= 4 is 38.4 Å². The molecule has 0 bridgehead atoms. The standard InChI is InChI=1S/C10H9BrClN/c1-2-6-5-13-8-4-3-7(11)10(12)9(6)8/h3-5,13H,2H2,1H3. The topological polar surface area (TPSA) is 15.8 Å². The smallest absolute Gasteiger partial charge is 0.0644 e. The second kappa shape index (κ2) is 3.35. The third-order valence-corrected chi connectivity index (χ3v) is 3.48. The first-order chi connectivity index (χ1) is 6.24. The highest BCUT2D eigenvalue weighted by Crippen LogP contribution is 2.33. The van der Waals surface area contributed by atoms with Gasteiger partial charge in [-0.05, 0) is 40.0 Å². The summed E-state index contributed by atoms with van der Waals surface area (Å²) in [4.78, 5) is 3.20. The minimum absolute atomic E-state index is 0.801. The Morgan fingerprint density at radius 2 is 2.23 bits per heavy atom. The van der Waals surface area contributed by atoms with Gasteiger partial charge in [-0.2, -0.15) is 0 Å². The summed E-state index contributed by atoms with van der Waals surface area (Å²) < 4.78 is 0.955. The molecule has 0 atom stereocenters. The first kappa shape index (κ1) is 9.10. The second-order valence-electron chi connectivity index (χ2n) is 2.95. The Morgan fingerprint density at radius 1 is 1.46 bits per heavy atom. The molecule has 0 aliphatic carbocycles. The zero-order valence-electron chi connectivity index (χ0n) is 7.20. The van der Waals surface area contributed by atoms with Crippen molar-refractivity contribution in [2.45, 2.75) is 13.3 Å². The molecule has 0 unspecified atom stereocenters. The predicted molar refractivity (Wildman–Crippen MR) is 60.4 cm³/mol. The number of fused-ring (bicyclic) bond motifs is 1. The molecule has 0 amide bonds. The summed E-state index contributed by atoms with van der Waals surface area (Å²) in [5.74, 6) is 0. The first-order valence-corrected chi connectivity index (χ1v) is 5.35. The molecule has 0 aliphatic heterocycles. The van der Waals surface area contributed by atoms with Gasteiger partial charge in [0.15, 0.2) is 0 Å². The molecule has 0 saturated carbocycles. The Morgan fingerprint density at radius 3 is 2.92 bits per heavy atom. The molecule has 2 rings (SSSR count). The second-order valence-corrected chi connectivity index (χ2v) is 4.18. The van der Waals surface area contributed by atoms with Gasteiger partial charge in [0.2, 0.25) is 0 Å². The molecular weight excluding hydrogens is 249 g/mol. The fourth-order valence-corrected chi connectivity index (χ4v) is 2.12. The van der Waals surface area contributed by atoms with Gasteiger partial charge < -0.3 is 4.98 Å². The number of hydrogen-bond donors (Lipinski definition) is 1. The van der Waals surface area contributed by atoms with Crippen LogP contribution in [0.1, 0.15) is 12.5 Å². The summed E-state index contributed by atoms with van der Waals surface area (Å²) >= 11 is 9.60. The first-order valence-electron chi connectivity index (χ1n) is 4.18. The van der Waals surface area contributed by atoms with Crippen LogP contribution in [0.5, 0.6) is 0 Å². The number of aromatic amines is 1. The molecule has 0 radical (unpaired) electrons. The highest BCUT2D eigenvalue weighted by Gasteiger charge is 2.08. The number of aromatic nitrogens is 1. The molecule has 0 spiro atoms. The van der Waals surface area contributed by atoms with Gasteiger partial charge in [0.05, 0.1) is 5.02 Å². The number of halogens is 2. The van der Waals surface area contributed by atoms with Gasteiger partial charge in [-0.1, -0.05) is 18.5 Å². The maximum absolute atomic E-state index is 6.18. The van der Waals surface area contributed by atoms with Crippen molar-refractivity contribution in [1.29, 1.82) is 0 Å². The predicted octanol–water partition coefficient (Wildman–Crippen LogP) is 4.15. The lowest BCUT2D eigenvalue weighted by atomic mass is 10.1. The Labute approximate surface area is 90.2 Å². The van der Waals surface area contributed by atoms with Crippen LogP contribution in [-0.2, 0) is 6.42 Å². The van der Waals surface area contributed by atoms with E-state index in [2.05, 4.69) is 27.8 Å². The maximum atomic E-state index is 6.18. The number of rotatable bonds is 1. The van der Waals surface area contributed by atoms with E-state index in [-0.39, 0.29) is 0 Å². The van der Waals surface area contributed by atoms with Crippen molar-refractivity contribution in [2.24, 2.45) is 0 Å². The lowest BCUT2D eigenvalue weighted by Crippen LogP contribution is -1.77. The van der Waals surface area contributed by atoms with Gasteiger partial charge in [0.1, 0.15) is 0 Å². The summed E-state index contributed by atoms with van der Waals surface area (Å²) in [7, 11) is 0. The highest BCUT2D eigenvalue weighted by molar-refractivity contribution is 9.10. The lowest BCUT2D eigenvalue weighted by molar-refractivity contribution is 1.15. The summed E-state index contributed by atoms with van der Waals surface area (Å²) in [5.41, 5.74) is 2.37. The van der Waals surface area contributed by atoms with Crippen LogP contribution in [0.3, 0.4) is 0 Å². The van der Waals surface area contributed by atoms with Gasteiger partial charge in [0, 0.05) is 21.6 Å². The van der Waals surface area contributed by atoms with Crippen molar-refractivity contribution in [3.8, 4) is 0 Å². The van der Waals surface area contributed by atoms with Gasteiger partial charge in [0.25, 0.3) is 0 Å². The van der Waals surface area contributed by atoms with Crippen LogP contribution in [-0.4, -0.2) is 4.98 Å². The molecule has 68 valence electrons. The fraction of sp³-hybridized carbons (Fsp3) is 0.200. The highest BCUT2D eigenvalue weighted by atomic mass is 79.9. The molecule has 13 heavy (non-hydrogen) atoms. The van der Waals surface area contributed by atoms with Crippen LogP contribution in [0.25, 0.3) is 10.9 Å². The number of H-pyrrole nitrogens is 1. The summed E-state index contributed by atoms with van der Waals surface area (Å²) in [5, 5.41) is 1.94. The molecule has 1 aromatic heterocycles. The van der Waals surface area contributed by atoms with Crippen LogP contribution in [0.2, 0.25) is 5.02 Å². The molecule has 0 saturated heterocycles. The molecular formula is C10H9BrClN. The number of nitrogens with one attached hydrogen (secondary N) is 1. The number of hydrogen-bond acceptors (Lipinski definition) is 0. The van der Waals surface area contributed by atoms with Crippen molar-refractivity contribution < 1.29 is 0 Å². The van der Waals surface area contributed by atoms with E-state index in [0.29, 0.717) is 0 Å². The summed E-state index contributed by atoms with van der Waals surface area (Å²) in [6, 6.07) is 3.99. The van der Waals surface area contributed by atoms with Crippen LogP contribution in [0.15, 0.2) is 22.8 Å². The molecule has 1 aromatic carbocycles. The van der Waals surface area contributed by atoms with E-state index in [4.69, 9.17) is 11.6 Å². The maximum Gasteiger partial charge on any atom is 0.0644 e. The summed E-state index contributed by atoms with van der Waals surface area (Å²) in [6.07, 6.45) is 3.01. The van der Waals surface area contributed by atoms with E-state index in [1.807, 2.05) is 18.3 Å². The molecule has 0 fully saturated rings. The monoisotopic (exact) mass is 257 g/mol. The average Bonchev–Trinajstić information content (AvgIpc) is 2.55. The number of benzene rings is 1. The van der Waals surface area contributed by atoms with E-state index >= 15 is 0 Å².